The summed E-state index contributed by atoms with van der Waals surface area (Å²) in [5.41, 5.74) is 0. The second kappa shape index (κ2) is 3.74. The Hall–Kier alpha value is -0.450. The normalized spacial score (nSPS) is 26.5. The van der Waals surface area contributed by atoms with E-state index in [0.29, 0.717) is 6.04 Å². The van der Waals surface area contributed by atoms with Crippen LogP contribution >= 0.6 is 11.3 Å². The van der Waals surface area contributed by atoms with Crippen LogP contribution < -0.4 is 0 Å². The van der Waals surface area contributed by atoms with Crippen LogP contribution in [0.5, 0.6) is 0 Å². The van der Waals surface area contributed by atoms with Gasteiger partial charge in [-0.2, -0.15) is 0 Å². The Labute approximate surface area is 83.0 Å². The van der Waals surface area contributed by atoms with Gasteiger partial charge in [-0.3, -0.25) is 4.90 Å². The molecule has 1 fully saturated rings. The molecule has 0 aromatic carbocycles. The maximum atomic E-state index is 4.37. The van der Waals surface area contributed by atoms with Crippen molar-refractivity contribution >= 4 is 11.3 Å². The molecule has 2 rings (SSSR count). The molecule has 3 nitrogen and oxygen atoms in total. The molecule has 1 aromatic rings. The van der Waals surface area contributed by atoms with Crippen LogP contribution in [-0.4, -0.2) is 48.5 Å². The third kappa shape index (κ3) is 1.90. The van der Waals surface area contributed by atoms with E-state index in [9.17, 15) is 0 Å². The zero-order valence-electron chi connectivity index (χ0n) is 8.10. The van der Waals surface area contributed by atoms with Crippen molar-refractivity contribution in [1.82, 2.24) is 14.8 Å². The van der Waals surface area contributed by atoms with Crippen molar-refractivity contribution in [2.24, 2.45) is 0 Å². The zero-order chi connectivity index (χ0) is 9.26. The molecule has 1 aromatic heterocycles. The number of hydrogen-bond donors (Lipinski definition) is 0. The molecular formula is C9H15N3S. The van der Waals surface area contributed by atoms with Gasteiger partial charge in [0.1, 0.15) is 5.01 Å². The van der Waals surface area contributed by atoms with Gasteiger partial charge in [0.15, 0.2) is 0 Å². The Balaban J connectivity index is 2.12. The summed E-state index contributed by atoms with van der Waals surface area (Å²) < 4.78 is 0. The van der Waals surface area contributed by atoms with E-state index in [4.69, 9.17) is 0 Å². The SMILES string of the molecule is CN1CCN(C)C(c2nccs2)C1. The number of likely N-dealkylation sites (N-methyl/N-ethyl adjacent to an activating group) is 2. The van der Waals surface area contributed by atoms with Crippen LogP contribution in [0.15, 0.2) is 11.6 Å². The Bertz CT molecular complexity index is 260. The lowest BCUT2D eigenvalue weighted by atomic mass is 10.2. The molecule has 0 N–H and O–H groups in total. The van der Waals surface area contributed by atoms with E-state index in [1.165, 1.54) is 11.6 Å². The molecule has 0 aliphatic carbocycles. The third-order valence-electron chi connectivity index (χ3n) is 2.59. The summed E-state index contributed by atoms with van der Waals surface area (Å²) in [7, 11) is 4.35. The second-order valence-electron chi connectivity index (χ2n) is 3.63. The number of piperazine rings is 1. The first-order valence-electron chi connectivity index (χ1n) is 4.55. The van der Waals surface area contributed by atoms with Crippen LogP contribution in [-0.2, 0) is 0 Å². The zero-order valence-corrected chi connectivity index (χ0v) is 8.92. The Morgan fingerprint density at radius 1 is 1.46 bits per heavy atom. The smallest absolute Gasteiger partial charge is 0.111 e. The molecule has 1 aliphatic heterocycles. The molecule has 0 amide bonds. The summed E-state index contributed by atoms with van der Waals surface area (Å²) in [5.74, 6) is 0. The predicted molar refractivity (Wildman–Crippen MR) is 55.0 cm³/mol. The number of nitrogens with zero attached hydrogens (tertiary/aromatic N) is 3. The van der Waals surface area contributed by atoms with Gasteiger partial charge in [0, 0.05) is 31.2 Å². The van der Waals surface area contributed by atoms with Crippen molar-refractivity contribution in [1.29, 1.82) is 0 Å². The van der Waals surface area contributed by atoms with Gasteiger partial charge in [0.05, 0.1) is 6.04 Å². The Morgan fingerprint density at radius 3 is 3.00 bits per heavy atom. The van der Waals surface area contributed by atoms with E-state index in [1.807, 2.05) is 6.20 Å². The van der Waals surface area contributed by atoms with Crippen molar-refractivity contribution in [2.45, 2.75) is 6.04 Å². The van der Waals surface area contributed by atoms with Crippen LogP contribution in [0.4, 0.5) is 0 Å². The lowest BCUT2D eigenvalue weighted by Crippen LogP contribution is -2.44. The van der Waals surface area contributed by atoms with Crippen LogP contribution in [0, 0.1) is 0 Å². The van der Waals surface area contributed by atoms with Gasteiger partial charge >= 0.3 is 0 Å². The van der Waals surface area contributed by atoms with E-state index in [0.717, 1.165) is 13.1 Å². The van der Waals surface area contributed by atoms with Gasteiger partial charge in [0.2, 0.25) is 0 Å². The summed E-state index contributed by atoms with van der Waals surface area (Å²) in [4.78, 5) is 9.13. The average molecular weight is 197 g/mol. The number of rotatable bonds is 1. The molecule has 4 heteroatoms. The van der Waals surface area contributed by atoms with E-state index in [1.54, 1.807) is 11.3 Å². The summed E-state index contributed by atoms with van der Waals surface area (Å²) >= 11 is 1.76. The maximum absolute atomic E-state index is 4.37. The van der Waals surface area contributed by atoms with Crippen molar-refractivity contribution < 1.29 is 0 Å². The van der Waals surface area contributed by atoms with Crippen LogP contribution in [0.25, 0.3) is 0 Å². The first-order chi connectivity index (χ1) is 6.27. The highest BCUT2D eigenvalue weighted by Gasteiger charge is 2.25. The second-order valence-corrected chi connectivity index (χ2v) is 4.56. The van der Waals surface area contributed by atoms with Crippen molar-refractivity contribution in [3.63, 3.8) is 0 Å². The largest absolute Gasteiger partial charge is 0.303 e. The van der Waals surface area contributed by atoms with E-state index in [2.05, 4.69) is 34.3 Å². The quantitative estimate of drug-likeness (QED) is 0.671. The Morgan fingerprint density at radius 2 is 2.31 bits per heavy atom. The molecule has 0 spiro atoms. The molecule has 0 radical (unpaired) electrons. The van der Waals surface area contributed by atoms with Crippen molar-refractivity contribution in [2.75, 3.05) is 33.7 Å². The van der Waals surface area contributed by atoms with Gasteiger partial charge < -0.3 is 4.90 Å². The van der Waals surface area contributed by atoms with Crippen LogP contribution in [0.1, 0.15) is 11.0 Å². The van der Waals surface area contributed by atoms with Crippen LogP contribution in [0.3, 0.4) is 0 Å². The van der Waals surface area contributed by atoms with Crippen molar-refractivity contribution in [3.05, 3.63) is 16.6 Å². The summed E-state index contributed by atoms with van der Waals surface area (Å²) in [6.45, 7) is 3.41. The molecule has 72 valence electrons. The molecule has 13 heavy (non-hydrogen) atoms. The molecule has 0 saturated carbocycles. The van der Waals surface area contributed by atoms with E-state index in [-0.39, 0.29) is 0 Å². The standard InChI is InChI=1S/C9H15N3S/c1-11-4-5-12(2)8(7-11)9-10-3-6-13-9/h3,6,8H,4-5,7H2,1-2H3. The Kier molecular flexibility index (Phi) is 2.62. The van der Waals surface area contributed by atoms with Gasteiger partial charge in [-0.1, -0.05) is 0 Å². The highest BCUT2D eigenvalue weighted by Crippen LogP contribution is 2.24. The maximum Gasteiger partial charge on any atom is 0.111 e. The van der Waals surface area contributed by atoms with Crippen molar-refractivity contribution in [3.8, 4) is 0 Å². The topological polar surface area (TPSA) is 19.4 Å². The van der Waals surface area contributed by atoms with Gasteiger partial charge in [-0.25, -0.2) is 4.98 Å². The first kappa shape index (κ1) is 9.12. The third-order valence-corrected chi connectivity index (χ3v) is 3.46. The summed E-state index contributed by atoms with van der Waals surface area (Å²) in [6, 6.07) is 0.499. The summed E-state index contributed by atoms with van der Waals surface area (Å²) in [6.07, 6.45) is 1.89. The predicted octanol–water partition coefficient (Wildman–Crippen LogP) is 1.06. The fourth-order valence-corrected chi connectivity index (χ4v) is 2.47. The summed E-state index contributed by atoms with van der Waals surface area (Å²) in [5, 5.41) is 3.30. The average Bonchev–Trinajstić information content (AvgIpc) is 2.61. The van der Waals surface area contributed by atoms with Gasteiger partial charge in [-0.15, -0.1) is 11.3 Å². The first-order valence-corrected chi connectivity index (χ1v) is 5.43. The fourth-order valence-electron chi connectivity index (χ4n) is 1.68. The lowest BCUT2D eigenvalue weighted by molar-refractivity contribution is 0.115. The molecule has 0 bridgehead atoms. The minimum absolute atomic E-state index is 0.499. The lowest BCUT2D eigenvalue weighted by Gasteiger charge is -2.36. The highest BCUT2D eigenvalue weighted by atomic mass is 32.1. The highest BCUT2D eigenvalue weighted by molar-refractivity contribution is 7.09. The molecule has 1 saturated heterocycles. The van der Waals surface area contributed by atoms with Gasteiger partial charge in [0.25, 0.3) is 0 Å². The molecule has 1 atom stereocenters. The number of thiazole rings is 1. The monoisotopic (exact) mass is 197 g/mol. The molecule has 2 heterocycles. The molecule has 1 unspecified atom stereocenters. The number of aromatic nitrogens is 1. The van der Waals surface area contributed by atoms with Gasteiger partial charge in [-0.05, 0) is 14.1 Å². The fraction of sp³-hybridized carbons (Fsp3) is 0.667. The minimum atomic E-state index is 0.499. The number of hydrogen-bond acceptors (Lipinski definition) is 4. The molecule has 1 aliphatic rings. The van der Waals surface area contributed by atoms with E-state index < -0.39 is 0 Å². The van der Waals surface area contributed by atoms with Crippen LogP contribution in [0.2, 0.25) is 0 Å². The van der Waals surface area contributed by atoms with E-state index >= 15 is 0 Å². The minimum Gasteiger partial charge on any atom is -0.303 e. The molecular weight excluding hydrogens is 182 g/mol.